The van der Waals surface area contributed by atoms with E-state index in [9.17, 15) is 0 Å². The molecular weight excluding hydrogens is 262 g/mol. The number of nitrogens with zero attached hydrogens (tertiary/aromatic N) is 2. The van der Waals surface area contributed by atoms with Crippen molar-refractivity contribution >= 4 is 11.0 Å². The summed E-state index contributed by atoms with van der Waals surface area (Å²) in [5.41, 5.74) is 4.26. The lowest BCUT2D eigenvalue weighted by Gasteiger charge is -2.14. The van der Waals surface area contributed by atoms with E-state index in [2.05, 4.69) is 20.9 Å². The first kappa shape index (κ1) is 13.6. The minimum absolute atomic E-state index is 0.831. The van der Waals surface area contributed by atoms with Crippen molar-refractivity contribution in [3.8, 4) is 17.1 Å². The summed E-state index contributed by atoms with van der Waals surface area (Å²) in [6.07, 6.45) is 0. The third-order valence-electron chi connectivity index (χ3n) is 3.43. The fraction of sp³-hybridized carbons (Fsp3) is 0.235. The molecule has 4 heteroatoms. The standard InChI is InChI=1S/C17H19N3O/c1-20(2)11-13-10-12(8-9-16(13)21-3)17-18-14-6-4-5-7-15(14)19-17/h4-10H,11H2,1-3H3,(H,18,19). The maximum atomic E-state index is 5.44. The number of aromatic nitrogens is 2. The molecule has 1 heterocycles. The summed E-state index contributed by atoms with van der Waals surface area (Å²) in [5, 5.41) is 0. The molecule has 0 radical (unpaired) electrons. The van der Waals surface area contributed by atoms with Gasteiger partial charge in [-0.15, -0.1) is 0 Å². The predicted octanol–water partition coefficient (Wildman–Crippen LogP) is 3.30. The first-order valence-corrected chi connectivity index (χ1v) is 6.94. The highest BCUT2D eigenvalue weighted by Crippen LogP contribution is 2.27. The highest BCUT2D eigenvalue weighted by atomic mass is 16.5. The average Bonchev–Trinajstić information content (AvgIpc) is 2.90. The van der Waals surface area contributed by atoms with E-state index < -0.39 is 0 Å². The molecule has 0 aliphatic carbocycles. The van der Waals surface area contributed by atoms with Gasteiger partial charge in [-0.2, -0.15) is 0 Å². The summed E-state index contributed by atoms with van der Waals surface area (Å²) in [6.45, 7) is 0.831. The molecule has 1 aromatic heterocycles. The highest BCUT2D eigenvalue weighted by molar-refractivity contribution is 5.79. The molecule has 4 nitrogen and oxygen atoms in total. The molecule has 0 saturated carbocycles. The highest BCUT2D eigenvalue weighted by Gasteiger charge is 2.10. The number of fused-ring (bicyclic) bond motifs is 1. The zero-order valence-electron chi connectivity index (χ0n) is 12.6. The Bertz CT molecular complexity index is 729. The molecule has 0 spiro atoms. The molecule has 3 aromatic rings. The summed E-state index contributed by atoms with van der Waals surface area (Å²) in [7, 11) is 5.80. The van der Waals surface area contributed by atoms with Gasteiger partial charge < -0.3 is 14.6 Å². The van der Waals surface area contributed by atoms with Gasteiger partial charge in [-0.3, -0.25) is 0 Å². The summed E-state index contributed by atoms with van der Waals surface area (Å²) in [5.74, 6) is 1.79. The molecule has 1 N–H and O–H groups in total. The van der Waals surface area contributed by atoms with Crippen molar-refractivity contribution in [2.45, 2.75) is 6.54 Å². The molecule has 21 heavy (non-hydrogen) atoms. The number of imidazole rings is 1. The van der Waals surface area contributed by atoms with Crippen LogP contribution in [-0.4, -0.2) is 36.1 Å². The molecule has 2 aromatic carbocycles. The maximum absolute atomic E-state index is 5.44. The lowest BCUT2D eigenvalue weighted by molar-refractivity contribution is 0.372. The number of hydrogen-bond donors (Lipinski definition) is 1. The predicted molar refractivity (Wildman–Crippen MR) is 85.5 cm³/mol. The minimum atomic E-state index is 0.831. The summed E-state index contributed by atoms with van der Waals surface area (Å²) >= 11 is 0. The van der Waals surface area contributed by atoms with Gasteiger partial charge in [-0.1, -0.05) is 12.1 Å². The minimum Gasteiger partial charge on any atom is -0.496 e. The Morgan fingerprint density at radius 2 is 1.95 bits per heavy atom. The second-order valence-corrected chi connectivity index (χ2v) is 5.37. The van der Waals surface area contributed by atoms with Crippen molar-refractivity contribution < 1.29 is 4.74 Å². The van der Waals surface area contributed by atoms with Crippen LogP contribution in [0.5, 0.6) is 5.75 Å². The van der Waals surface area contributed by atoms with E-state index in [0.717, 1.165) is 40.3 Å². The van der Waals surface area contributed by atoms with Gasteiger partial charge in [0.25, 0.3) is 0 Å². The largest absolute Gasteiger partial charge is 0.496 e. The van der Waals surface area contributed by atoms with Crippen molar-refractivity contribution in [2.75, 3.05) is 21.2 Å². The van der Waals surface area contributed by atoms with E-state index in [1.165, 1.54) is 0 Å². The molecular formula is C17H19N3O. The number of aromatic amines is 1. The molecule has 3 rings (SSSR count). The van der Waals surface area contributed by atoms with E-state index in [4.69, 9.17) is 4.74 Å². The smallest absolute Gasteiger partial charge is 0.138 e. The molecule has 0 saturated heterocycles. The van der Waals surface area contributed by atoms with Crippen molar-refractivity contribution in [3.05, 3.63) is 48.0 Å². The van der Waals surface area contributed by atoms with Gasteiger partial charge in [0.1, 0.15) is 11.6 Å². The quantitative estimate of drug-likeness (QED) is 0.797. The van der Waals surface area contributed by atoms with Gasteiger partial charge in [0.2, 0.25) is 0 Å². The van der Waals surface area contributed by atoms with Crippen LogP contribution in [0.3, 0.4) is 0 Å². The second-order valence-electron chi connectivity index (χ2n) is 5.37. The Balaban J connectivity index is 2.05. The number of ether oxygens (including phenoxy) is 1. The molecule has 0 fully saturated rings. The Hall–Kier alpha value is -2.33. The third kappa shape index (κ3) is 2.76. The van der Waals surface area contributed by atoms with E-state index >= 15 is 0 Å². The maximum Gasteiger partial charge on any atom is 0.138 e. The van der Waals surface area contributed by atoms with Crippen LogP contribution in [0, 0.1) is 0 Å². The molecule has 108 valence electrons. The zero-order valence-corrected chi connectivity index (χ0v) is 12.6. The van der Waals surface area contributed by atoms with Gasteiger partial charge in [-0.05, 0) is 44.4 Å². The Morgan fingerprint density at radius 3 is 2.67 bits per heavy atom. The monoisotopic (exact) mass is 281 g/mol. The lowest BCUT2D eigenvalue weighted by atomic mass is 10.1. The van der Waals surface area contributed by atoms with Gasteiger partial charge in [0.05, 0.1) is 18.1 Å². The molecule has 0 unspecified atom stereocenters. The fourth-order valence-corrected chi connectivity index (χ4v) is 2.48. The molecule has 0 amide bonds. The lowest BCUT2D eigenvalue weighted by Crippen LogP contribution is -2.11. The van der Waals surface area contributed by atoms with E-state index in [1.54, 1.807) is 7.11 Å². The van der Waals surface area contributed by atoms with Crippen LogP contribution < -0.4 is 4.74 Å². The molecule has 0 aliphatic rings. The van der Waals surface area contributed by atoms with Crippen LogP contribution in [0.4, 0.5) is 0 Å². The molecule has 0 aliphatic heterocycles. The Kier molecular flexibility index (Phi) is 3.62. The van der Waals surface area contributed by atoms with Gasteiger partial charge >= 0.3 is 0 Å². The summed E-state index contributed by atoms with van der Waals surface area (Å²) < 4.78 is 5.44. The number of rotatable bonds is 4. The third-order valence-corrected chi connectivity index (χ3v) is 3.43. The van der Waals surface area contributed by atoms with Crippen molar-refractivity contribution in [2.24, 2.45) is 0 Å². The number of methoxy groups -OCH3 is 1. The van der Waals surface area contributed by atoms with Gasteiger partial charge in [0, 0.05) is 17.7 Å². The summed E-state index contributed by atoms with van der Waals surface area (Å²) in [6, 6.07) is 14.2. The Labute approximate surface area is 124 Å². The van der Waals surface area contributed by atoms with Crippen molar-refractivity contribution in [3.63, 3.8) is 0 Å². The van der Waals surface area contributed by atoms with Crippen LogP contribution in [0.25, 0.3) is 22.4 Å². The van der Waals surface area contributed by atoms with Crippen LogP contribution in [0.15, 0.2) is 42.5 Å². The average molecular weight is 281 g/mol. The first-order chi connectivity index (χ1) is 10.2. The van der Waals surface area contributed by atoms with E-state index in [-0.39, 0.29) is 0 Å². The normalized spacial score (nSPS) is 11.2. The van der Waals surface area contributed by atoms with Crippen LogP contribution in [-0.2, 0) is 6.54 Å². The second kappa shape index (κ2) is 5.58. The van der Waals surface area contributed by atoms with Crippen molar-refractivity contribution in [1.29, 1.82) is 0 Å². The number of H-pyrrole nitrogens is 1. The Morgan fingerprint density at radius 1 is 1.14 bits per heavy atom. The molecule has 0 atom stereocenters. The number of benzene rings is 2. The van der Waals surface area contributed by atoms with Gasteiger partial charge in [0.15, 0.2) is 0 Å². The number of para-hydroxylation sites is 2. The van der Waals surface area contributed by atoms with Crippen LogP contribution in [0.2, 0.25) is 0 Å². The first-order valence-electron chi connectivity index (χ1n) is 6.94. The number of nitrogens with one attached hydrogen (secondary N) is 1. The zero-order chi connectivity index (χ0) is 14.8. The summed E-state index contributed by atoms with van der Waals surface area (Å²) in [4.78, 5) is 10.1. The van der Waals surface area contributed by atoms with Crippen LogP contribution in [0.1, 0.15) is 5.56 Å². The van der Waals surface area contributed by atoms with Gasteiger partial charge in [-0.25, -0.2) is 4.98 Å². The van der Waals surface area contributed by atoms with E-state index in [0.29, 0.717) is 0 Å². The topological polar surface area (TPSA) is 41.1 Å². The fourth-order valence-electron chi connectivity index (χ4n) is 2.48. The number of hydrogen-bond acceptors (Lipinski definition) is 3. The van der Waals surface area contributed by atoms with Crippen molar-refractivity contribution in [1.82, 2.24) is 14.9 Å². The van der Waals surface area contributed by atoms with E-state index in [1.807, 2.05) is 50.5 Å². The SMILES string of the molecule is COc1ccc(-c2nc3ccccc3[nH]2)cc1CN(C)C. The molecule has 0 bridgehead atoms. The van der Waals surface area contributed by atoms with Crippen LogP contribution >= 0.6 is 0 Å².